The van der Waals surface area contributed by atoms with E-state index < -0.39 is 0 Å². The third-order valence-electron chi connectivity index (χ3n) is 3.57. The molecule has 4 nitrogen and oxygen atoms in total. The summed E-state index contributed by atoms with van der Waals surface area (Å²) >= 11 is 0. The van der Waals surface area contributed by atoms with E-state index in [4.69, 9.17) is 0 Å². The van der Waals surface area contributed by atoms with Crippen molar-refractivity contribution in [3.63, 3.8) is 0 Å². The smallest absolute Gasteiger partial charge is 0.0722 e. The number of aliphatic hydroxyl groups excluding tert-OH is 1. The molecule has 102 valence electrons. The molecular formula is C14H25N3O. The highest BCUT2D eigenvalue weighted by Gasteiger charge is 2.27. The third kappa shape index (κ3) is 3.12. The summed E-state index contributed by atoms with van der Waals surface area (Å²) in [7, 11) is 1.97. The molecule has 0 amide bonds. The quantitative estimate of drug-likeness (QED) is 0.854. The van der Waals surface area contributed by atoms with E-state index in [1.165, 1.54) is 11.3 Å². The van der Waals surface area contributed by atoms with Gasteiger partial charge in [0, 0.05) is 30.8 Å². The monoisotopic (exact) mass is 251 g/mol. The van der Waals surface area contributed by atoms with Crippen LogP contribution in [0.4, 0.5) is 0 Å². The fourth-order valence-electron chi connectivity index (χ4n) is 2.58. The lowest BCUT2D eigenvalue weighted by molar-refractivity contribution is 0.0429. The molecule has 0 radical (unpaired) electrons. The van der Waals surface area contributed by atoms with Crippen LogP contribution in [0.3, 0.4) is 0 Å². The highest BCUT2D eigenvalue weighted by molar-refractivity contribution is 5.23. The molecule has 1 aliphatic rings. The van der Waals surface area contributed by atoms with Crippen molar-refractivity contribution in [1.82, 2.24) is 15.1 Å². The minimum absolute atomic E-state index is 0.0553. The summed E-state index contributed by atoms with van der Waals surface area (Å²) in [6.07, 6.45) is 3.95. The molecule has 2 N–H and O–H groups in total. The average Bonchev–Trinajstić information content (AvgIpc) is 2.56. The van der Waals surface area contributed by atoms with Gasteiger partial charge in [0.1, 0.15) is 0 Å². The Hall–Kier alpha value is -0.870. The molecule has 1 aromatic rings. The maximum Gasteiger partial charge on any atom is 0.0722 e. The molecule has 0 bridgehead atoms. The largest absolute Gasteiger partial charge is 0.393 e. The lowest BCUT2D eigenvalue weighted by atomic mass is 9.82. The molecule has 2 rings (SSSR count). The van der Waals surface area contributed by atoms with Gasteiger partial charge in [-0.05, 0) is 25.3 Å². The van der Waals surface area contributed by atoms with Gasteiger partial charge in [-0.3, -0.25) is 4.68 Å². The number of hydrogen-bond donors (Lipinski definition) is 2. The molecule has 0 aromatic carbocycles. The molecule has 0 atom stereocenters. The van der Waals surface area contributed by atoms with Crippen molar-refractivity contribution < 1.29 is 5.11 Å². The number of aromatic nitrogens is 2. The summed E-state index contributed by atoms with van der Waals surface area (Å²) in [6.45, 7) is 8.45. The van der Waals surface area contributed by atoms with Gasteiger partial charge >= 0.3 is 0 Å². The molecule has 4 heteroatoms. The number of hydrogen-bond acceptors (Lipinski definition) is 3. The van der Waals surface area contributed by atoms with Crippen molar-refractivity contribution in [3.8, 4) is 0 Å². The fourth-order valence-corrected chi connectivity index (χ4v) is 2.58. The van der Waals surface area contributed by atoms with Gasteiger partial charge in [0.25, 0.3) is 0 Å². The average molecular weight is 251 g/mol. The van der Waals surface area contributed by atoms with Crippen LogP contribution in [0.5, 0.6) is 0 Å². The van der Waals surface area contributed by atoms with Crippen LogP contribution in [-0.4, -0.2) is 27.5 Å². The van der Waals surface area contributed by atoms with E-state index in [1.54, 1.807) is 0 Å². The maximum atomic E-state index is 9.25. The van der Waals surface area contributed by atoms with Crippen molar-refractivity contribution >= 4 is 0 Å². The first kappa shape index (κ1) is 13.6. The van der Waals surface area contributed by atoms with E-state index in [9.17, 15) is 5.11 Å². The standard InChI is InChI=1S/C14H25N3O/c1-14(2,3)13-11(9-17(4)16-13)8-15-7-10-5-12(18)6-10/h9-10,12,15,18H,5-8H2,1-4H3. The molecule has 0 unspecified atom stereocenters. The fraction of sp³-hybridized carbons (Fsp3) is 0.786. The summed E-state index contributed by atoms with van der Waals surface area (Å²) in [5, 5.41) is 17.3. The van der Waals surface area contributed by atoms with Crippen LogP contribution < -0.4 is 5.32 Å². The van der Waals surface area contributed by atoms with Crippen LogP contribution >= 0.6 is 0 Å². The summed E-state index contributed by atoms with van der Waals surface area (Å²) in [5.74, 6) is 0.648. The molecule has 1 heterocycles. The molecule has 1 saturated carbocycles. The van der Waals surface area contributed by atoms with Gasteiger partial charge in [-0.25, -0.2) is 0 Å². The van der Waals surface area contributed by atoms with E-state index >= 15 is 0 Å². The maximum absolute atomic E-state index is 9.25. The van der Waals surface area contributed by atoms with E-state index in [-0.39, 0.29) is 11.5 Å². The first-order valence-electron chi connectivity index (χ1n) is 6.78. The van der Waals surface area contributed by atoms with Crippen molar-refractivity contribution in [2.45, 2.75) is 51.7 Å². The Labute approximate surface area is 109 Å². The number of aliphatic hydroxyl groups is 1. The van der Waals surface area contributed by atoms with Crippen LogP contribution in [-0.2, 0) is 19.0 Å². The van der Waals surface area contributed by atoms with Crippen LogP contribution in [0.1, 0.15) is 44.9 Å². The predicted octanol–water partition coefficient (Wildman–Crippen LogP) is 1.58. The van der Waals surface area contributed by atoms with Crippen molar-refractivity contribution in [1.29, 1.82) is 0 Å². The third-order valence-corrected chi connectivity index (χ3v) is 3.57. The highest BCUT2D eigenvalue weighted by Crippen LogP contribution is 2.27. The van der Waals surface area contributed by atoms with E-state index in [1.807, 2.05) is 11.7 Å². The van der Waals surface area contributed by atoms with Gasteiger partial charge in [0.15, 0.2) is 0 Å². The number of nitrogens with one attached hydrogen (secondary N) is 1. The zero-order chi connectivity index (χ0) is 13.3. The Morgan fingerprint density at radius 1 is 1.44 bits per heavy atom. The second-order valence-corrected chi connectivity index (χ2v) is 6.55. The Balaban J connectivity index is 1.89. The minimum Gasteiger partial charge on any atom is -0.393 e. The molecule has 1 aromatic heterocycles. The van der Waals surface area contributed by atoms with Gasteiger partial charge < -0.3 is 10.4 Å². The predicted molar refractivity (Wildman–Crippen MR) is 72.3 cm³/mol. The lowest BCUT2D eigenvalue weighted by Gasteiger charge is -2.31. The Bertz CT molecular complexity index is 400. The molecule has 0 saturated heterocycles. The van der Waals surface area contributed by atoms with Gasteiger partial charge in [0.05, 0.1) is 11.8 Å². The molecule has 0 spiro atoms. The lowest BCUT2D eigenvalue weighted by Crippen LogP contribution is -2.36. The molecule has 0 aliphatic heterocycles. The Morgan fingerprint density at radius 3 is 2.67 bits per heavy atom. The molecular weight excluding hydrogens is 226 g/mol. The zero-order valence-corrected chi connectivity index (χ0v) is 11.9. The highest BCUT2D eigenvalue weighted by atomic mass is 16.3. The van der Waals surface area contributed by atoms with Crippen LogP contribution in [0.2, 0.25) is 0 Å². The van der Waals surface area contributed by atoms with Crippen LogP contribution in [0.15, 0.2) is 6.20 Å². The van der Waals surface area contributed by atoms with E-state index in [0.29, 0.717) is 5.92 Å². The number of nitrogens with zero attached hydrogens (tertiary/aromatic N) is 2. The van der Waals surface area contributed by atoms with Gasteiger partial charge in [-0.2, -0.15) is 5.10 Å². The van der Waals surface area contributed by atoms with Gasteiger partial charge in [0.2, 0.25) is 0 Å². The zero-order valence-electron chi connectivity index (χ0n) is 11.9. The van der Waals surface area contributed by atoms with E-state index in [0.717, 1.165) is 25.9 Å². The summed E-state index contributed by atoms with van der Waals surface area (Å²) in [6, 6.07) is 0. The number of rotatable bonds is 4. The van der Waals surface area contributed by atoms with E-state index in [2.05, 4.69) is 37.4 Å². The normalized spacial score (nSPS) is 24.1. The Morgan fingerprint density at radius 2 is 2.11 bits per heavy atom. The van der Waals surface area contributed by atoms with Crippen molar-refractivity contribution in [2.75, 3.05) is 6.54 Å². The topological polar surface area (TPSA) is 50.1 Å². The second kappa shape index (κ2) is 5.02. The minimum atomic E-state index is -0.0553. The number of aryl methyl sites for hydroxylation is 1. The summed E-state index contributed by atoms with van der Waals surface area (Å²) in [4.78, 5) is 0. The van der Waals surface area contributed by atoms with Crippen LogP contribution in [0, 0.1) is 5.92 Å². The SMILES string of the molecule is Cn1cc(CNCC2CC(O)C2)c(C(C)(C)C)n1. The second-order valence-electron chi connectivity index (χ2n) is 6.55. The molecule has 18 heavy (non-hydrogen) atoms. The van der Waals surface area contributed by atoms with Crippen molar-refractivity contribution in [3.05, 3.63) is 17.5 Å². The Kier molecular flexibility index (Phi) is 3.78. The van der Waals surface area contributed by atoms with Gasteiger partial charge in [-0.1, -0.05) is 20.8 Å². The van der Waals surface area contributed by atoms with Gasteiger partial charge in [-0.15, -0.1) is 0 Å². The summed E-state index contributed by atoms with van der Waals surface area (Å²) < 4.78 is 1.89. The summed E-state index contributed by atoms with van der Waals surface area (Å²) in [5.41, 5.74) is 2.54. The molecule has 1 fully saturated rings. The first-order valence-corrected chi connectivity index (χ1v) is 6.78. The molecule has 1 aliphatic carbocycles. The van der Waals surface area contributed by atoms with Crippen molar-refractivity contribution in [2.24, 2.45) is 13.0 Å². The first-order chi connectivity index (χ1) is 8.36. The van der Waals surface area contributed by atoms with Crippen LogP contribution in [0.25, 0.3) is 0 Å².